The lowest BCUT2D eigenvalue weighted by molar-refractivity contribution is -0.136. The number of aromatic hydroxyl groups is 1. The molecule has 0 aliphatic heterocycles. The number of nitrogens with one attached hydrogen (secondary N) is 1. The summed E-state index contributed by atoms with van der Waals surface area (Å²) in [4.78, 5) is 21.8. The minimum Gasteiger partial charge on any atom is -0.506 e. The van der Waals surface area contributed by atoms with E-state index in [1.807, 2.05) is 0 Å². The summed E-state index contributed by atoms with van der Waals surface area (Å²) in [6, 6.07) is 6.52. The Hall–Kier alpha value is -2.30. The number of carbonyl (C=O) groups is 2. The molecule has 0 unspecified atom stereocenters. The standard InChI is InChI=1S/C14H17NO4/c16-12-8-6-5-7-11(12)15-13(17)9-3-1-2-4-10-14(18)19/h1-2,5-8,16H,3-4,9-10H2,(H,15,17)(H,18,19). The van der Waals surface area contributed by atoms with Gasteiger partial charge in [-0.25, -0.2) is 0 Å². The lowest BCUT2D eigenvalue weighted by atomic mass is 10.2. The van der Waals surface area contributed by atoms with E-state index in [1.54, 1.807) is 30.4 Å². The molecule has 1 rings (SSSR count). The maximum Gasteiger partial charge on any atom is 0.303 e. The molecule has 0 bridgehead atoms. The second kappa shape index (κ2) is 7.92. The van der Waals surface area contributed by atoms with Crippen LogP contribution in [0.2, 0.25) is 0 Å². The first-order chi connectivity index (χ1) is 9.09. The summed E-state index contributed by atoms with van der Waals surface area (Å²) in [5, 5.41) is 20.5. The zero-order chi connectivity index (χ0) is 14.1. The van der Waals surface area contributed by atoms with Gasteiger partial charge < -0.3 is 15.5 Å². The summed E-state index contributed by atoms with van der Waals surface area (Å²) in [7, 11) is 0. The molecular formula is C14H17NO4. The number of allylic oxidation sites excluding steroid dienone is 2. The maximum absolute atomic E-state index is 11.6. The second-order valence-electron chi connectivity index (χ2n) is 4.01. The van der Waals surface area contributed by atoms with Gasteiger partial charge in [0.05, 0.1) is 5.69 Å². The lowest BCUT2D eigenvalue weighted by Gasteiger charge is -2.05. The van der Waals surface area contributed by atoms with Crippen LogP contribution in [0.5, 0.6) is 5.75 Å². The van der Waals surface area contributed by atoms with Crippen molar-refractivity contribution >= 4 is 17.6 Å². The van der Waals surface area contributed by atoms with Crippen molar-refractivity contribution in [2.24, 2.45) is 0 Å². The van der Waals surface area contributed by atoms with Gasteiger partial charge in [-0.3, -0.25) is 9.59 Å². The van der Waals surface area contributed by atoms with Crippen LogP contribution >= 0.6 is 0 Å². The van der Waals surface area contributed by atoms with Crippen LogP contribution in [0.15, 0.2) is 36.4 Å². The number of phenolic OH excluding ortho intramolecular Hbond substituents is 1. The van der Waals surface area contributed by atoms with E-state index in [4.69, 9.17) is 5.11 Å². The molecular weight excluding hydrogens is 246 g/mol. The summed E-state index contributed by atoms with van der Waals surface area (Å²) < 4.78 is 0. The molecule has 0 heterocycles. The molecule has 0 atom stereocenters. The normalized spacial score (nSPS) is 10.5. The van der Waals surface area contributed by atoms with Crippen LogP contribution in [0.3, 0.4) is 0 Å². The van der Waals surface area contributed by atoms with Gasteiger partial charge in [0.25, 0.3) is 0 Å². The van der Waals surface area contributed by atoms with E-state index >= 15 is 0 Å². The van der Waals surface area contributed by atoms with Crippen LogP contribution in [0.1, 0.15) is 25.7 Å². The van der Waals surface area contributed by atoms with E-state index in [-0.39, 0.29) is 24.5 Å². The molecule has 0 spiro atoms. The first kappa shape index (κ1) is 14.8. The molecule has 0 aliphatic rings. The van der Waals surface area contributed by atoms with Crippen molar-refractivity contribution in [3.63, 3.8) is 0 Å². The van der Waals surface area contributed by atoms with Crippen molar-refractivity contribution in [2.75, 3.05) is 5.32 Å². The number of para-hydroxylation sites is 2. The van der Waals surface area contributed by atoms with E-state index in [1.165, 1.54) is 6.07 Å². The lowest BCUT2D eigenvalue weighted by Crippen LogP contribution is -2.10. The van der Waals surface area contributed by atoms with Crippen LogP contribution in [0.25, 0.3) is 0 Å². The zero-order valence-electron chi connectivity index (χ0n) is 10.5. The van der Waals surface area contributed by atoms with Crippen molar-refractivity contribution < 1.29 is 19.8 Å². The Labute approximate surface area is 111 Å². The van der Waals surface area contributed by atoms with E-state index < -0.39 is 5.97 Å². The van der Waals surface area contributed by atoms with E-state index in [9.17, 15) is 14.7 Å². The van der Waals surface area contributed by atoms with Crippen LogP contribution in [-0.4, -0.2) is 22.1 Å². The highest BCUT2D eigenvalue weighted by atomic mass is 16.4. The SMILES string of the molecule is O=C(O)CCC=CCCC(=O)Nc1ccccc1O. The molecule has 102 valence electrons. The van der Waals surface area contributed by atoms with Crippen LogP contribution in [0, 0.1) is 0 Å². The molecule has 3 N–H and O–H groups in total. The minimum absolute atomic E-state index is 0.0350. The molecule has 0 saturated carbocycles. The molecule has 0 saturated heterocycles. The predicted molar refractivity (Wildman–Crippen MR) is 72.0 cm³/mol. The monoisotopic (exact) mass is 263 g/mol. The minimum atomic E-state index is -0.832. The number of hydrogen-bond donors (Lipinski definition) is 3. The van der Waals surface area contributed by atoms with Crippen molar-refractivity contribution in [3.8, 4) is 5.75 Å². The highest BCUT2D eigenvalue weighted by Crippen LogP contribution is 2.21. The van der Waals surface area contributed by atoms with Crippen LogP contribution < -0.4 is 5.32 Å². The molecule has 1 aromatic carbocycles. The Morgan fingerprint density at radius 2 is 1.74 bits per heavy atom. The number of carboxylic acid groups (broad SMARTS) is 1. The quantitative estimate of drug-likeness (QED) is 0.521. The Morgan fingerprint density at radius 3 is 2.37 bits per heavy atom. The molecule has 5 nitrogen and oxygen atoms in total. The fourth-order valence-electron chi connectivity index (χ4n) is 1.45. The first-order valence-corrected chi connectivity index (χ1v) is 6.04. The number of amides is 1. The van der Waals surface area contributed by atoms with E-state index in [0.29, 0.717) is 18.5 Å². The number of hydrogen-bond acceptors (Lipinski definition) is 3. The topological polar surface area (TPSA) is 86.6 Å². The molecule has 0 radical (unpaired) electrons. The summed E-state index contributed by atoms with van der Waals surface area (Å²) in [6.45, 7) is 0. The van der Waals surface area contributed by atoms with Crippen molar-refractivity contribution in [1.29, 1.82) is 0 Å². The fraction of sp³-hybridized carbons (Fsp3) is 0.286. The van der Waals surface area contributed by atoms with Gasteiger partial charge >= 0.3 is 5.97 Å². The average Bonchev–Trinajstić information content (AvgIpc) is 2.36. The van der Waals surface area contributed by atoms with E-state index in [0.717, 1.165) is 0 Å². The van der Waals surface area contributed by atoms with Crippen molar-refractivity contribution in [2.45, 2.75) is 25.7 Å². The molecule has 19 heavy (non-hydrogen) atoms. The number of rotatable bonds is 7. The Bertz CT molecular complexity index is 468. The fourth-order valence-corrected chi connectivity index (χ4v) is 1.45. The summed E-state index contributed by atoms with van der Waals surface area (Å²) >= 11 is 0. The highest BCUT2D eigenvalue weighted by molar-refractivity contribution is 5.92. The van der Waals surface area contributed by atoms with Gasteiger partial charge in [0, 0.05) is 12.8 Å². The molecule has 0 aliphatic carbocycles. The average molecular weight is 263 g/mol. The van der Waals surface area contributed by atoms with Crippen LogP contribution in [0.4, 0.5) is 5.69 Å². The molecule has 1 aromatic rings. The number of carbonyl (C=O) groups excluding carboxylic acids is 1. The number of carboxylic acids is 1. The molecule has 1 amide bonds. The highest BCUT2D eigenvalue weighted by Gasteiger charge is 2.04. The molecule has 0 fully saturated rings. The summed E-state index contributed by atoms with van der Waals surface area (Å²) in [5.74, 6) is -0.987. The summed E-state index contributed by atoms with van der Waals surface area (Å²) in [5.41, 5.74) is 0.391. The zero-order valence-corrected chi connectivity index (χ0v) is 10.5. The van der Waals surface area contributed by atoms with Gasteiger partial charge in [0.1, 0.15) is 5.75 Å². The van der Waals surface area contributed by atoms with Crippen LogP contribution in [-0.2, 0) is 9.59 Å². The Morgan fingerprint density at radius 1 is 1.11 bits per heavy atom. The van der Waals surface area contributed by atoms with Gasteiger partial charge in [-0.2, -0.15) is 0 Å². The van der Waals surface area contributed by atoms with Gasteiger partial charge in [-0.15, -0.1) is 0 Å². The Balaban J connectivity index is 2.25. The number of anilines is 1. The third kappa shape index (κ3) is 6.26. The largest absolute Gasteiger partial charge is 0.506 e. The molecule has 0 aromatic heterocycles. The summed E-state index contributed by atoms with van der Waals surface area (Å²) in [6.07, 6.45) is 4.93. The smallest absolute Gasteiger partial charge is 0.303 e. The number of aliphatic carboxylic acids is 1. The van der Waals surface area contributed by atoms with Gasteiger partial charge in [-0.1, -0.05) is 24.3 Å². The van der Waals surface area contributed by atoms with Crippen molar-refractivity contribution in [3.05, 3.63) is 36.4 Å². The molecule has 5 heteroatoms. The second-order valence-corrected chi connectivity index (χ2v) is 4.01. The third-order valence-corrected chi connectivity index (χ3v) is 2.41. The maximum atomic E-state index is 11.6. The van der Waals surface area contributed by atoms with E-state index in [2.05, 4.69) is 5.32 Å². The number of benzene rings is 1. The van der Waals surface area contributed by atoms with Crippen molar-refractivity contribution in [1.82, 2.24) is 0 Å². The predicted octanol–water partition coefficient (Wildman–Crippen LogP) is 2.53. The first-order valence-electron chi connectivity index (χ1n) is 6.04. The third-order valence-electron chi connectivity index (χ3n) is 2.41. The van der Waals surface area contributed by atoms with Gasteiger partial charge in [0.2, 0.25) is 5.91 Å². The van der Waals surface area contributed by atoms with Gasteiger partial charge in [0.15, 0.2) is 0 Å². The number of phenols is 1. The Kier molecular flexibility index (Phi) is 6.15. The van der Waals surface area contributed by atoms with Gasteiger partial charge in [-0.05, 0) is 25.0 Å².